The van der Waals surface area contributed by atoms with E-state index in [9.17, 15) is 10.2 Å². The van der Waals surface area contributed by atoms with Gasteiger partial charge in [0.2, 0.25) is 5.88 Å². The molecular weight excluding hydrogens is 156 g/mol. The quantitative estimate of drug-likeness (QED) is 0.645. The van der Waals surface area contributed by atoms with Gasteiger partial charge in [-0.3, -0.25) is 0 Å². The first-order valence-corrected chi connectivity index (χ1v) is 4.11. The molecule has 1 aromatic heterocycles. The first kappa shape index (κ1) is 7.61. The molecule has 1 aromatic rings. The van der Waals surface area contributed by atoms with E-state index in [0.29, 0.717) is 0 Å². The molecule has 0 amide bonds. The van der Waals surface area contributed by atoms with E-state index in [0.717, 1.165) is 18.5 Å². The van der Waals surface area contributed by atoms with Crippen molar-refractivity contribution in [3.63, 3.8) is 0 Å². The lowest BCUT2D eigenvalue weighted by molar-refractivity contribution is 0.0214. The topological polar surface area (TPSA) is 58.3 Å². The number of rotatable bonds is 1. The zero-order valence-electron chi connectivity index (χ0n) is 6.94. The summed E-state index contributed by atoms with van der Waals surface area (Å²) in [6, 6.07) is 1.59. The van der Waals surface area contributed by atoms with E-state index in [1.54, 1.807) is 6.07 Å². The Balaban J connectivity index is 2.27. The molecule has 1 aliphatic rings. The molecule has 2 rings (SSSR count). The van der Waals surface area contributed by atoms with Gasteiger partial charge in [-0.2, -0.15) is 5.10 Å². The van der Waals surface area contributed by atoms with Crippen LogP contribution in [0.1, 0.15) is 24.6 Å². The maximum absolute atomic E-state index is 9.37. The second-order valence-corrected chi connectivity index (χ2v) is 3.30. The minimum absolute atomic E-state index is 0.0151. The number of hydrogen-bond acceptors (Lipinski definition) is 3. The van der Waals surface area contributed by atoms with Crippen LogP contribution in [-0.4, -0.2) is 26.1 Å². The molecule has 4 heteroatoms. The zero-order chi connectivity index (χ0) is 8.72. The van der Waals surface area contributed by atoms with Gasteiger partial charge in [-0.15, -0.1) is 0 Å². The van der Waals surface area contributed by atoms with Crippen molar-refractivity contribution in [3.05, 3.63) is 11.8 Å². The predicted molar refractivity (Wildman–Crippen MR) is 42.9 cm³/mol. The molecule has 2 N–H and O–H groups in total. The second-order valence-electron chi connectivity index (χ2n) is 3.30. The highest BCUT2D eigenvalue weighted by Crippen LogP contribution is 2.34. The average Bonchev–Trinajstić information content (AvgIpc) is 2.28. The Kier molecular flexibility index (Phi) is 1.58. The van der Waals surface area contributed by atoms with E-state index in [1.807, 2.05) is 6.92 Å². The number of aryl methyl sites for hydroxylation is 1. The third-order valence-corrected chi connectivity index (χ3v) is 2.35. The van der Waals surface area contributed by atoms with Crippen LogP contribution >= 0.6 is 0 Å². The summed E-state index contributed by atoms with van der Waals surface area (Å²) in [6.07, 6.45) is 1.37. The molecule has 1 fully saturated rings. The SMILES string of the molecule is Cc1cc(O)n(C2CCC2O)n1. The molecule has 1 aliphatic carbocycles. The van der Waals surface area contributed by atoms with Crippen molar-refractivity contribution in [3.8, 4) is 5.88 Å². The van der Waals surface area contributed by atoms with E-state index in [-0.39, 0.29) is 18.0 Å². The first-order chi connectivity index (χ1) is 5.68. The van der Waals surface area contributed by atoms with E-state index in [4.69, 9.17) is 0 Å². The van der Waals surface area contributed by atoms with Crippen molar-refractivity contribution in [2.45, 2.75) is 31.9 Å². The fourth-order valence-corrected chi connectivity index (χ4v) is 1.50. The van der Waals surface area contributed by atoms with Gasteiger partial charge < -0.3 is 10.2 Å². The molecule has 2 unspecified atom stereocenters. The summed E-state index contributed by atoms with van der Waals surface area (Å²) in [7, 11) is 0. The normalized spacial score (nSPS) is 28.5. The standard InChI is InChI=1S/C8H12N2O2/c1-5-4-8(12)10(9-5)6-2-3-7(6)11/h4,6-7,11-12H,2-3H2,1H3. The first-order valence-electron chi connectivity index (χ1n) is 4.11. The van der Waals surface area contributed by atoms with Crippen molar-refractivity contribution in [2.24, 2.45) is 0 Å². The van der Waals surface area contributed by atoms with Crippen molar-refractivity contribution in [1.82, 2.24) is 9.78 Å². The van der Waals surface area contributed by atoms with Gasteiger partial charge in [-0.25, -0.2) is 4.68 Å². The van der Waals surface area contributed by atoms with Crippen molar-refractivity contribution in [1.29, 1.82) is 0 Å². The van der Waals surface area contributed by atoms with Gasteiger partial charge in [-0.1, -0.05) is 0 Å². The summed E-state index contributed by atoms with van der Waals surface area (Å²) >= 11 is 0. The van der Waals surface area contributed by atoms with Crippen molar-refractivity contribution in [2.75, 3.05) is 0 Å². The molecule has 1 heterocycles. The van der Waals surface area contributed by atoms with E-state index in [1.165, 1.54) is 4.68 Å². The summed E-state index contributed by atoms with van der Waals surface area (Å²) in [4.78, 5) is 0. The molecule has 0 saturated heterocycles. The summed E-state index contributed by atoms with van der Waals surface area (Å²) in [5.41, 5.74) is 0.784. The number of hydrogen-bond donors (Lipinski definition) is 2. The van der Waals surface area contributed by atoms with E-state index in [2.05, 4.69) is 5.10 Å². The van der Waals surface area contributed by atoms with Crippen LogP contribution in [0, 0.1) is 6.92 Å². The minimum Gasteiger partial charge on any atom is -0.493 e. The highest BCUT2D eigenvalue weighted by molar-refractivity contribution is 5.15. The second kappa shape index (κ2) is 2.48. The van der Waals surface area contributed by atoms with Gasteiger partial charge in [0, 0.05) is 6.07 Å². The molecule has 0 aromatic carbocycles. The van der Waals surface area contributed by atoms with Crippen molar-refractivity contribution < 1.29 is 10.2 Å². The molecule has 0 aliphatic heterocycles. The maximum atomic E-state index is 9.37. The molecule has 66 valence electrons. The Morgan fingerprint density at radius 3 is 2.67 bits per heavy atom. The Hall–Kier alpha value is -1.03. The fourth-order valence-electron chi connectivity index (χ4n) is 1.50. The van der Waals surface area contributed by atoms with Gasteiger partial charge in [-0.05, 0) is 19.8 Å². The summed E-state index contributed by atoms with van der Waals surface area (Å²) < 4.78 is 1.50. The molecule has 12 heavy (non-hydrogen) atoms. The third kappa shape index (κ3) is 0.992. The number of nitrogens with zero attached hydrogens (tertiary/aromatic N) is 2. The number of aromatic nitrogens is 2. The minimum atomic E-state index is -0.338. The van der Waals surface area contributed by atoms with Crippen LogP contribution in [0.2, 0.25) is 0 Å². The van der Waals surface area contributed by atoms with Gasteiger partial charge in [0.05, 0.1) is 17.8 Å². The van der Waals surface area contributed by atoms with Crippen molar-refractivity contribution >= 4 is 0 Å². The average molecular weight is 168 g/mol. The lowest BCUT2D eigenvalue weighted by Gasteiger charge is -2.32. The molecule has 0 spiro atoms. The Morgan fingerprint density at radius 2 is 2.33 bits per heavy atom. The predicted octanol–water partition coefficient (Wildman–Crippen LogP) is 0.593. The molecule has 4 nitrogen and oxygen atoms in total. The van der Waals surface area contributed by atoms with E-state index < -0.39 is 0 Å². The van der Waals surface area contributed by atoms with Gasteiger partial charge in [0.25, 0.3) is 0 Å². The zero-order valence-corrected chi connectivity index (χ0v) is 6.94. The Morgan fingerprint density at radius 1 is 1.58 bits per heavy atom. The molecule has 1 saturated carbocycles. The van der Waals surface area contributed by atoms with Gasteiger partial charge in [0.1, 0.15) is 0 Å². The smallest absolute Gasteiger partial charge is 0.209 e. The highest BCUT2D eigenvalue weighted by Gasteiger charge is 2.32. The van der Waals surface area contributed by atoms with Crippen LogP contribution in [0.15, 0.2) is 6.07 Å². The highest BCUT2D eigenvalue weighted by atomic mass is 16.3. The van der Waals surface area contributed by atoms with Crippen LogP contribution < -0.4 is 0 Å². The summed E-state index contributed by atoms with van der Waals surface area (Å²) in [5, 5.41) is 22.8. The molecular formula is C8H12N2O2. The summed E-state index contributed by atoms with van der Waals surface area (Å²) in [5.74, 6) is 0.149. The number of aliphatic hydroxyl groups excluding tert-OH is 1. The lowest BCUT2D eigenvalue weighted by atomic mass is 9.89. The van der Waals surface area contributed by atoms with Crippen LogP contribution in [0.25, 0.3) is 0 Å². The fraction of sp³-hybridized carbons (Fsp3) is 0.625. The van der Waals surface area contributed by atoms with Gasteiger partial charge in [0.15, 0.2) is 0 Å². The molecule has 0 radical (unpaired) electrons. The monoisotopic (exact) mass is 168 g/mol. The maximum Gasteiger partial charge on any atom is 0.209 e. The Labute approximate surface area is 70.4 Å². The van der Waals surface area contributed by atoms with Gasteiger partial charge >= 0.3 is 0 Å². The number of aliphatic hydroxyl groups is 1. The van der Waals surface area contributed by atoms with Crippen LogP contribution in [0.3, 0.4) is 0 Å². The van der Waals surface area contributed by atoms with E-state index >= 15 is 0 Å². The molecule has 0 bridgehead atoms. The third-order valence-electron chi connectivity index (χ3n) is 2.35. The van der Waals surface area contributed by atoms with Crippen LogP contribution in [-0.2, 0) is 0 Å². The lowest BCUT2D eigenvalue weighted by Crippen LogP contribution is -2.34. The van der Waals surface area contributed by atoms with Crippen LogP contribution in [0.4, 0.5) is 0 Å². The summed E-state index contributed by atoms with van der Waals surface area (Å²) in [6.45, 7) is 1.82. The molecule has 2 atom stereocenters. The largest absolute Gasteiger partial charge is 0.493 e. The Bertz CT molecular complexity index is 295. The number of aromatic hydroxyl groups is 1. The van der Waals surface area contributed by atoms with Crippen LogP contribution in [0.5, 0.6) is 5.88 Å².